The molecule has 0 aliphatic carbocycles. The molecule has 3 rings (SSSR count). The first-order valence-corrected chi connectivity index (χ1v) is 9.94. The minimum atomic E-state index is -3.71. The molecule has 132 valence electrons. The Kier molecular flexibility index (Phi) is 5.28. The molecule has 0 aliphatic rings. The Morgan fingerprint density at radius 2 is 1.85 bits per heavy atom. The molecule has 0 fully saturated rings. The molecule has 7 heteroatoms. The van der Waals surface area contributed by atoms with E-state index in [0.717, 1.165) is 10.0 Å². The van der Waals surface area contributed by atoms with Gasteiger partial charge in [-0.1, -0.05) is 34.1 Å². The second-order valence-corrected chi connectivity index (χ2v) is 8.63. The second kappa shape index (κ2) is 7.46. The van der Waals surface area contributed by atoms with Crippen LogP contribution in [-0.4, -0.2) is 19.8 Å². The van der Waals surface area contributed by atoms with E-state index in [0.29, 0.717) is 17.1 Å². The molecule has 0 unspecified atom stereocenters. The van der Waals surface area contributed by atoms with Crippen LogP contribution in [0.3, 0.4) is 0 Å². The van der Waals surface area contributed by atoms with Crippen LogP contribution < -0.4 is 0 Å². The Bertz CT molecular complexity index is 1070. The average Bonchev–Trinajstić information content (AvgIpc) is 3.10. The minimum Gasteiger partial charge on any atom is -0.460 e. The summed E-state index contributed by atoms with van der Waals surface area (Å²) in [6.45, 7) is 0.0929. The highest BCUT2D eigenvalue weighted by Crippen LogP contribution is 2.25. The first-order valence-electron chi connectivity index (χ1n) is 7.71. The number of hydrogen-bond donors (Lipinski definition) is 0. The van der Waals surface area contributed by atoms with Gasteiger partial charge in [-0.05, 0) is 42.5 Å². The van der Waals surface area contributed by atoms with Gasteiger partial charge in [0.25, 0.3) is 0 Å². The van der Waals surface area contributed by atoms with Gasteiger partial charge in [-0.2, -0.15) is 9.57 Å². The molecule has 1 heterocycles. The molecule has 0 spiro atoms. The number of sulfonamides is 1. The zero-order valence-corrected chi connectivity index (χ0v) is 16.3. The summed E-state index contributed by atoms with van der Waals surface area (Å²) in [6, 6.07) is 19.1. The van der Waals surface area contributed by atoms with E-state index in [1.165, 1.54) is 23.5 Å². The molecule has 0 saturated heterocycles. The summed E-state index contributed by atoms with van der Waals surface area (Å²) in [5.74, 6) is 1.20. The van der Waals surface area contributed by atoms with Crippen molar-refractivity contribution in [2.24, 2.45) is 0 Å². The third kappa shape index (κ3) is 3.88. The van der Waals surface area contributed by atoms with E-state index in [-0.39, 0.29) is 11.4 Å². The maximum absolute atomic E-state index is 12.7. The molecule has 26 heavy (non-hydrogen) atoms. The van der Waals surface area contributed by atoms with Crippen molar-refractivity contribution in [2.45, 2.75) is 11.4 Å². The van der Waals surface area contributed by atoms with Gasteiger partial charge in [0.15, 0.2) is 0 Å². The predicted molar refractivity (Wildman–Crippen MR) is 102 cm³/mol. The lowest BCUT2D eigenvalue weighted by Gasteiger charge is -2.16. The Labute approximate surface area is 160 Å². The maximum atomic E-state index is 12.7. The van der Waals surface area contributed by atoms with Gasteiger partial charge in [0.2, 0.25) is 10.0 Å². The summed E-state index contributed by atoms with van der Waals surface area (Å²) in [7, 11) is -2.23. The highest BCUT2D eigenvalue weighted by Gasteiger charge is 2.22. The summed E-state index contributed by atoms with van der Waals surface area (Å²) in [4.78, 5) is 0.0822. The molecule has 0 saturated carbocycles. The van der Waals surface area contributed by atoms with Gasteiger partial charge in [-0.3, -0.25) is 0 Å². The molecular formula is C19H15BrN2O3S. The van der Waals surface area contributed by atoms with Gasteiger partial charge >= 0.3 is 0 Å². The van der Waals surface area contributed by atoms with Crippen LogP contribution in [0.4, 0.5) is 0 Å². The Balaban J connectivity index is 1.80. The van der Waals surface area contributed by atoms with Crippen molar-refractivity contribution in [1.82, 2.24) is 4.31 Å². The third-order valence-corrected chi connectivity index (χ3v) is 6.17. The number of nitrogens with zero attached hydrogens (tertiary/aromatic N) is 2. The number of nitriles is 1. The molecule has 5 nitrogen and oxygen atoms in total. The number of rotatable bonds is 5. The Hall–Kier alpha value is -2.40. The van der Waals surface area contributed by atoms with Crippen molar-refractivity contribution < 1.29 is 12.8 Å². The van der Waals surface area contributed by atoms with Crippen LogP contribution in [0.5, 0.6) is 0 Å². The first kappa shape index (κ1) is 18.4. The summed E-state index contributed by atoms with van der Waals surface area (Å²) in [6.07, 6.45) is 0. The van der Waals surface area contributed by atoms with Gasteiger partial charge in [0.1, 0.15) is 11.5 Å². The largest absolute Gasteiger partial charge is 0.460 e. The Morgan fingerprint density at radius 3 is 2.54 bits per heavy atom. The van der Waals surface area contributed by atoms with E-state index in [2.05, 4.69) is 15.9 Å². The smallest absolute Gasteiger partial charge is 0.243 e. The zero-order valence-electron chi connectivity index (χ0n) is 13.9. The van der Waals surface area contributed by atoms with Gasteiger partial charge in [-0.15, -0.1) is 0 Å². The number of benzene rings is 2. The second-order valence-electron chi connectivity index (χ2n) is 5.67. The fourth-order valence-corrected chi connectivity index (χ4v) is 3.89. The van der Waals surface area contributed by atoms with Crippen LogP contribution >= 0.6 is 15.9 Å². The normalized spacial score (nSPS) is 11.5. The van der Waals surface area contributed by atoms with E-state index in [9.17, 15) is 8.42 Å². The van der Waals surface area contributed by atoms with Crippen LogP contribution in [0.25, 0.3) is 11.3 Å². The summed E-state index contributed by atoms with van der Waals surface area (Å²) in [5.41, 5.74) is 1.21. The summed E-state index contributed by atoms with van der Waals surface area (Å²) < 4.78 is 33.3. The summed E-state index contributed by atoms with van der Waals surface area (Å²) >= 11 is 3.39. The van der Waals surface area contributed by atoms with Crippen LogP contribution in [0.2, 0.25) is 0 Å². The molecule has 0 atom stereocenters. The van der Waals surface area contributed by atoms with Crippen LogP contribution in [0.15, 0.2) is 74.4 Å². The lowest BCUT2D eigenvalue weighted by atomic mass is 10.2. The molecule has 1 aromatic heterocycles. The molecule has 2 aromatic carbocycles. The van der Waals surface area contributed by atoms with E-state index < -0.39 is 10.0 Å². The maximum Gasteiger partial charge on any atom is 0.243 e. The van der Waals surface area contributed by atoms with E-state index >= 15 is 0 Å². The minimum absolute atomic E-state index is 0.0822. The molecule has 0 bridgehead atoms. The quantitative estimate of drug-likeness (QED) is 0.600. The number of halogens is 1. The summed E-state index contributed by atoms with van der Waals surface area (Å²) in [5, 5.41) is 8.95. The standard InChI is InChI=1S/C19H15BrN2O3S/c1-22(26(23,24)18-4-2-3-14(11-18)12-21)13-17-9-10-19(25-17)15-5-7-16(20)8-6-15/h2-11H,13H2,1H3. The molecule has 0 N–H and O–H groups in total. The monoisotopic (exact) mass is 430 g/mol. The molecule has 0 radical (unpaired) electrons. The molecular weight excluding hydrogens is 416 g/mol. The predicted octanol–water partition coefficient (Wildman–Crippen LogP) is 4.40. The van der Waals surface area contributed by atoms with E-state index in [1.807, 2.05) is 36.4 Å². The SMILES string of the molecule is CN(Cc1ccc(-c2ccc(Br)cc2)o1)S(=O)(=O)c1cccc(C#N)c1. The zero-order chi connectivity index (χ0) is 18.7. The third-order valence-electron chi connectivity index (χ3n) is 3.84. The van der Waals surface area contributed by atoms with Gasteiger partial charge in [-0.25, -0.2) is 8.42 Å². The first-order chi connectivity index (χ1) is 12.4. The lowest BCUT2D eigenvalue weighted by molar-refractivity contribution is 0.410. The van der Waals surface area contributed by atoms with Crippen molar-refractivity contribution in [2.75, 3.05) is 7.05 Å². The molecule has 0 amide bonds. The van der Waals surface area contributed by atoms with Crippen LogP contribution in [-0.2, 0) is 16.6 Å². The van der Waals surface area contributed by atoms with Gasteiger partial charge in [0, 0.05) is 17.1 Å². The van der Waals surface area contributed by atoms with Crippen molar-refractivity contribution in [3.05, 3.63) is 76.5 Å². The van der Waals surface area contributed by atoms with Crippen molar-refractivity contribution >= 4 is 26.0 Å². The highest BCUT2D eigenvalue weighted by atomic mass is 79.9. The highest BCUT2D eigenvalue weighted by molar-refractivity contribution is 9.10. The van der Waals surface area contributed by atoms with Crippen molar-refractivity contribution in [1.29, 1.82) is 5.26 Å². The fourth-order valence-electron chi connectivity index (χ4n) is 2.44. The van der Waals surface area contributed by atoms with E-state index in [4.69, 9.17) is 9.68 Å². The molecule has 0 aliphatic heterocycles. The van der Waals surface area contributed by atoms with Gasteiger partial charge < -0.3 is 4.42 Å². The topological polar surface area (TPSA) is 74.3 Å². The molecule has 3 aromatic rings. The number of hydrogen-bond acceptors (Lipinski definition) is 4. The number of furan rings is 1. The lowest BCUT2D eigenvalue weighted by Crippen LogP contribution is -2.26. The van der Waals surface area contributed by atoms with Crippen LogP contribution in [0, 0.1) is 11.3 Å². The fraction of sp³-hybridized carbons (Fsp3) is 0.105. The Morgan fingerprint density at radius 1 is 1.12 bits per heavy atom. The van der Waals surface area contributed by atoms with Crippen molar-refractivity contribution in [3.63, 3.8) is 0 Å². The van der Waals surface area contributed by atoms with E-state index in [1.54, 1.807) is 18.2 Å². The van der Waals surface area contributed by atoms with Crippen LogP contribution in [0.1, 0.15) is 11.3 Å². The van der Waals surface area contributed by atoms with Gasteiger partial charge in [0.05, 0.1) is 23.1 Å². The average molecular weight is 431 g/mol. The van der Waals surface area contributed by atoms with Crippen molar-refractivity contribution in [3.8, 4) is 17.4 Å².